The smallest absolute Gasteiger partial charge is 0.261 e. The Balaban J connectivity index is 1.69. The Hall–Kier alpha value is -3.83. The third-order valence-corrected chi connectivity index (χ3v) is 7.24. The number of nitrogens with zero attached hydrogens (tertiary/aromatic N) is 4. The SMILES string of the molecule is CCN(CC)S(=O)(=O)c1cccc(C(=O)Nc2ccccc2-n2ncc3c(=O)[nH]cnc32)c1. The van der Waals surface area contributed by atoms with E-state index in [0.29, 0.717) is 35.5 Å². The lowest BCUT2D eigenvalue weighted by Gasteiger charge is -2.18. The zero-order chi connectivity index (χ0) is 23.6. The van der Waals surface area contributed by atoms with Crippen molar-refractivity contribution in [3.05, 3.63) is 77.0 Å². The van der Waals surface area contributed by atoms with Crippen LogP contribution in [0.5, 0.6) is 0 Å². The van der Waals surface area contributed by atoms with Gasteiger partial charge in [-0.1, -0.05) is 32.0 Å². The van der Waals surface area contributed by atoms with Crippen molar-refractivity contribution in [2.75, 3.05) is 18.4 Å². The van der Waals surface area contributed by atoms with E-state index in [1.165, 1.54) is 39.7 Å². The molecule has 0 radical (unpaired) electrons. The van der Waals surface area contributed by atoms with Crippen molar-refractivity contribution < 1.29 is 13.2 Å². The number of carbonyl (C=O) groups excluding carboxylic acids is 1. The number of carbonyl (C=O) groups is 1. The quantitative estimate of drug-likeness (QED) is 0.430. The maximum Gasteiger partial charge on any atom is 0.261 e. The van der Waals surface area contributed by atoms with Gasteiger partial charge >= 0.3 is 0 Å². The molecule has 0 fully saturated rings. The van der Waals surface area contributed by atoms with Gasteiger partial charge in [0, 0.05) is 18.7 Å². The molecule has 0 saturated carbocycles. The van der Waals surface area contributed by atoms with Gasteiger partial charge in [-0.15, -0.1) is 0 Å². The first kappa shape index (κ1) is 22.4. The number of benzene rings is 2. The molecule has 2 N–H and O–H groups in total. The van der Waals surface area contributed by atoms with E-state index in [1.54, 1.807) is 44.2 Å². The van der Waals surface area contributed by atoms with Gasteiger partial charge in [-0.3, -0.25) is 9.59 Å². The third kappa shape index (κ3) is 4.15. The Kier molecular flexibility index (Phi) is 6.07. The highest BCUT2D eigenvalue weighted by Crippen LogP contribution is 2.23. The zero-order valence-corrected chi connectivity index (χ0v) is 18.8. The van der Waals surface area contributed by atoms with Crippen LogP contribution in [0.3, 0.4) is 0 Å². The average Bonchev–Trinajstić information content (AvgIpc) is 3.25. The van der Waals surface area contributed by atoms with Gasteiger partial charge in [-0.2, -0.15) is 9.40 Å². The molecule has 1 amide bonds. The van der Waals surface area contributed by atoms with Gasteiger partial charge in [0.1, 0.15) is 5.39 Å². The summed E-state index contributed by atoms with van der Waals surface area (Å²) >= 11 is 0. The molecule has 4 rings (SSSR count). The highest BCUT2D eigenvalue weighted by Gasteiger charge is 2.23. The fourth-order valence-electron chi connectivity index (χ4n) is 3.50. The van der Waals surface area contributed by atoms with E-state index in [-0.39, 0.29) is 16.0 Å². The summed E-state index contributed by atoms with van der Waals surface area (Å²) in [7, 11) is -3.70. The Morgan fingerprint density at radius 2 is 1.88 bits per heavy atom. The second-order valence-corrected chi connectivity index (χ2v) is 9.05. The predicted octanol–water partition coefficient (Wildman–Crippen LogP) is 2.39. The van der Waals surface area contributed by atoms with Crippen LogP contribution in [-0.2, 0) is 10.0 Å². The van der Waals surface area contributed by atoms with Crippen LogP contribution in [0.25, 0.3) is 16.7 Å². The van der Waals surface area contributed by atoms with Crippen LogP contribution >= 0.6 is 0 Å². The molecule has 0 aliphatic heterocycles. The minimum absolute atomic E-state index is 0.0497. The molecule has 33 heavy (non-hydrogen) atoms. The van der Waals surface area contributed by atoms with Crippen LogP contribution in [-0.4, -0.2) is 51.5 Å². The second kappa shape index (κ2) is 8.96. The monoisotopic (exact) mass is 466 g/mol. The molecule has 0 unspecified atom stereocenters. The van der Waals surface area contributed by atoms with Gasteiger partial charge in [-0.25, -0.2) is 18.1 Å². The van der Waals surface area contributed by atoms with Crippen LogP contribution in [0.1, 0.15) is 24.2 Å². The number of aromatic amines is 1. The van der Waals surface area contributed by atoms with E-state index in [0.717, 1.165) is 0 Å². The molecule has 0 spiro atoms. The largest absolute Gasteiger partial charge is 0.320 e. The second-order valence-electron chi connectivity index (χ2n) is 7.11. The molecule has 11 heteroatoms. The number of anilines is 1. The lowest BCUT2D eigenvalue weighted by Crippen LogP contribution is -2.30. The van der Waals surface area contributed by atoms with Crippen LogP contribution < -0.4 is 10.9 Å². The first-order valence-corrected chi connectivity index (χ1v) is 11.7. The summed E-state index contributed by atoms with van der Waals surface area (Å²) in [6.45, 7) is 4.18. The minimum Gasteiger partial charge on any atom is -0.320 e. The molecule has 0 atom stereocenters. The molecular weight excluding hydrogens is 444 g/mol. The molecule has 0 bridgehead atoms. The van der Waals surface area contributed by atoms with Gasteiger partial charge in [0.15, 0.2) is 5.65 Å². The number of aromatic nitrogens is 4. The Morgan fingerprint density at radius 3 is 2.64 bits per heavy atom. The van der Waals surface area contributed by atoms with E-state index in [2.05, 4.69) is 20.4 Å². The molecule has 0 saturated heterocycles. The van der Waals surface area contributed by atoms with Gasteiger partial charge in [0.05, 0.1) is 28.8 Å². The van der Waals surface area contributed by atoms with Crippen molar-refractivity contribution in [1.29, 1.82) is 0 Å². The summed E-state index contributed by atoms with van der Waals surface area (Å²) in [6, 6.07) is 12.8. The first-order chi connectivity index (χ1) is 15.9. The summed E-state index contributed by atoms with van der Waals surface area (Å²) < 4.78 is 28.5. The van der Waals surface area contributed by atoms with E-state index in [1.807, 2.05) is 0 Å². The van der Waals surface area contributed by atoms with Crippen molar-refractivity contribution >= 4 is 32.7 Å². The van der Waals surface area contributed by atoms with Crippen LogP contribution in [0.2, 0.25) is 0 Å². The summed E-state index contributed by atoms with van der Waals surface area (Å²) in [6.07, 6.45) is 2.69. The molecular formula is C22H22N6O4S. The number of rotatable bonds is 7. The molecule has 170 valence electrons. The number of hydrogen-bond donors (Lipinski definition) is 2. The van der Waals surface area contributed by atoms with E-state index >= 15 is 0 Å². The van der Waals surface area contributed by atoms with Crippen molar-refractivity contribution in [1.82, 2.24) is 24.1 Å². The fourth-order valence-corrected chi connectivity index (χ4v) is 5.01. The van der Waals surface area contributed by atoms with Crippen molar-refractivity contribution in [2.45, 2.75) is 18.7 Å². The fraction of sp³-hybridized carbons (Fsp3) is 0.182. The maximum absolute atomic E-state index is 13.0. The first-order valence-electron chi connectivity index (χ1n) is 10.3. The Labute approximate surface area is 189 Å². The minimum atomic E-state index is -3.70. The van der Waals surface area contributed by atoms with E-state index in [9.17, 15) is 18.0 Å². The lowest BCUT2D eigenvalue weighted by atomic mass is 10.2. The Bertz CT molecular complexity index is 1490. The predicted molar refractivity (Wildman–Crippen MR) is 124 cm³/mol. The molecule has 2 aromatic heterocycles. The molecule has 10 nitrogen and oxygen atoms in total. The molecule has 4 aromatic rings. The summed E-state index contributed by atoms with van der Waals surface area (Å²) in [4.78, 5) is 31.8. The summed E-state index contributed by atoms with van der Waals surface area (Å²) in [5.41, 5.74) is 1.14. The van der Waals surface area contributed by atoms with Crippen LogP contribution in [0.15, 0.2) is 70.7 Å². The van der Waals surface area contributed by atoms with Gasteiger partial charge in [0.2, 0.25) is 10.0 Å². The van der Waals surface area contributed by atoms with Gasteiger partial charge < -0.3 is 10.3 Å². The highest BCUT2D eigenvalue weighted by atomic mass is 32.2. The number of nitrogens with one attached hydrogen (secondary N) is 2. The number of para-hydroxylation sites is 2. The van der Waals surface area contributed by atoms with Crippen molar-refractivity contribution in [2.24, 2.45) is 0 Å². The Morgan fingerprint density at radius 1 is 1.12 bits per heavy atom. The standard InChI is InChI=1S/C22H22N6O4S/c1-3-27(4-2)33(31,32)16-9-7-8-15(12-16)21(29)26-18-10-5-6-11-19(18)28-20-17(13-25-28)22(30)24-14-23-20/h5-14H,3-4H2,1-2H3,(H,26,29)(H,23,24,30). The molecule has 2 heterocycles. The molecule has 0 aliphatic carbocycles. The third-order valence-electron chi connectivity index (χ3n) is 5.19. The highest BCUT2D eigenvalue weighted by molar-refractivity contribution is 7.89. The number of sulfonamides is 1. The topological polar surface area (TPSA) is 130 Å². The summed E-state index contributed by atoms with van der Waals surface area (Å²) in [5, 5.41) is 7.37. The van der Waals surface area contributed by atoms with Gasteiger partial charge in [-0.05, 0) is 30.3 Å². The van der Waals surface area contributed by atoms with E-state index < -0.39 is 15.9 Å². The number of H-pyrrole nitrogens is 1. The molecule has 2 aromatic carbocycles. The number of hydrogen-bond acceptors (Lipinski definition) is 6. The average molecular weight is 467 g/mol. The maximum atomic E-state index is 13.0. The van der Waals surface area contributed by atoms with Crippen molar-refractivity contribution in [3.8, 4) is 5.69 Å². The van der Waals surface area contributed by atoms with Crippen LogP contribution in [0.4, 0.5) is 5.69 Å². The summed E-state index contributed by atoms with van der Waals surface area (Å²) in [5.74, 6) is -0.485. The lowest BCUT2D eigenvalue weighted by molar-refractivity contribution is 0.102. The van der Waals surface area contributed by atoms with E-state index in [4.69, 9.17) is 0 Å². The number of amides is 1. The van der Waals surface area contributed by atoms with Gasteiger partial charge in [0.25, 0.3) is 11.5 Å². The zero-order valence-electron chi connectivity index (χ0n) is 18.0. The number of fused-ring (bicyclic) bond motifs is 1. The molecule has 0 aliphatic rings. The normalized spacial score (nSPS) is 11.7. The van der Waals surface area contributed by atoms with Crippen LogP contribution in [0, 0.1) is 0 Å². The van der Waals surface area contributed by atoms with Crippen molar-refractivity contribution in [3.63, 3.8) is 0 Å².